The lowest BCUT2D eigenvalue weighted by Gasteiger charge is -2.15. The Hall–Kier alpha value is -3.06. The lowest BCUT2D eigenvalue weighted by atomic mass is 10.0. The zero-order valence-corrected chi connectivity index (χ0v) is 16.9. The number of imidazole rings is 1. The highest BCUT2D eigenvalue weighted by Crippen LogP contribution is 2.25. The predicted octanol–water partition coefficient (Wildman–Crippen LogP) is 3.26. The number of anilines is 2. The Balaban J connectivity index is 1.93. The van der Waals surface area contributed by atoms with Gasteiger partial charge < -0.3 is 26.1 Å². The third-order valence-electron chi connectivity index (χ3n) is 4.98. The summed E-state index contributed by atoms with van der Waals surface area (Å²) < 4.78 is 2.00. The summed E-state index contributed by atoms with van der Waals surface area (Å²) in [5, 5.41) is 9.10. The Bertz CT molecular complexity index is 988. The number of amides is 2. The van der Waals surface area contributed by atoms with Crippen molar-refractivity contribution in [2.75, 3.05) is 23.7 Å². The Labute approximate surface area is 165 Å². The van der Waals surface area contributed by atoms with Crippen molar-refractivity contribution >= 4 is 23.1 Å². The van der Waals surface area contributed by atoms with Crippen molar-refractivity contribution in [2.45, 2.75) is 34.2 Å². The molecule has 0 fully saturated rings. The Morgan fingerprint density at radius 2 is 1.89 bits per heavy atom. The number of nitrogens with zero attached hydrogens (tertiary/aromatic N) is 2. The van der Waals surface area contributed by atoms with Crippen LogP contribution in [0.3, 0.4) is 0 Å². The summed E-state index contributed by atoms with van der Waals surface area (Å²) >= 11 is 0. The van der Waals surface area contributed by atoms with Gasteiger partial charge in [-0.2, -0.15) is 0 Å². The number of fused-ring (bicyclic) bond motifs is 1. The summed E-state index contributed by atoms with van der Waals surface area (Å²) in [6, 6.07) is 7.93. The molecule has 7 heteroatoms. The first kappa shape index (κ1) is 19.7. The lowest BCUT2D eigenvalue weighted by molar-refractivity contribution is 0.252. The maximum Gasteiger partial charge on any atom is 0.319 e. The van der Waals surface area contributed by atoms with Crippen molar-refractivity contribution in [1.82, 2.24) is 14.7 Å². The highest BCUT2D eigenvalue weighted by Gasteiger charge is 2.13. The van der Waals surface area contributed by atoms with Gasteiger partial charge in [0, 0.05) is 31.5 Å². The van der Waals surface area contributed by atoms with E-state index in [1.165, 1.54) is 16.7 Å². The minimum atomic E-state index is -0.278. The Morgan fingerprint density at radius 1 is 1.18 bits per heavy atom. The number of nitrogens with two attached hydrogens (primary N) is 1. The van der Waals surface area contributed by atoms with E-state index in [9.17, 15) is 4.79 Å². The number of aromatic nitrogens is 2. The summed E-state index contributed by atoms with van der Waals surface area (Å²) in [5.74, 6) is 0. The van der Waals surface area contributed by atoms with E-state index < -0.39 is 0 Å². The van der Waals surface area contributed by atoms with Gasteiger partial charge in [-0.05, 0) is 50.5 Å². The topological polar surface area (TPSA) is 96.5 Å². The average Bonchev–Trinajstić information content (AvgIpc) is 2.94. The summed E-state index contributed by atoms with van der Waals surface area (Å²) in [5.41, 5.74) is 13.6. The maximum atomic E-state index is 12.1. The second kappa shape index (κ2) is 8.31. The largest absolute Gasteiger partial charge is 0.378 e. The van der Waals surface area contributed by atoms with Crippen molar-refractivity contribution < 1.29 is 4.79 Å². The van der Waals surface area contributed by atoms with Crippen LogP contribution in [0.25, 0.3) is 5.65 Å². The molecule has 0 aliphatic heterocycles. The van der Waals surface area contributed by atoms with Crippen LogP contribution in [0.1, 0.15) is 28.1 Å². The average molecular weight is 380 g/mol. The third kappa shape index (κ3) is 4.09. The molecular formula is C21H28N6O. The van der Waals surface area contributed by atoms with Crippen LogP contribution in [0.5, 0.6) is 0 Å². The molecule has 148 valence electrons. The van der Waals surface area contributed by atoms with Crippen LogP contribution in [0, 0.1) is 27.7 Å². The van der Waals surface area contributed by atoms with Crippen LogP contribution in [0.15, 0.2) is 30.5 Å². The van der Waals surface area contributed by atoms with Gasteiger partial charge in [-0.1, -0.05) is 18.2 Å². The van der Waals surface area contributed by atoms with Crippen LogP contribution in [-0.4, -0.2) is 28.5 Å². The monoisotopic (exact) mass is 380 g/mol. The number of nitrogens with one attached hydrogen (secondary N) is 3. The normalized spacial score (nSPS) is 10.9. The molecule has 3 aromatic rings. The van der Waals surface area contributed by atoms with Crippen molar-refractivity contribution in [3.8, 4) is 0 Å². The molecule has 0 spiro atoms. The first-order valence-electron chi connectivity index (χ1n) is 9.44. The van der Waals surface area contributed by atoms with Crippen LogP contribution in [-0.2, 0) is 6.54 Å². The van der Waals surface area contributed by atoms with Crippen molar-refractivity contribution in [3.05, 3.63) is 58.5 Å². The molecule has 0 saturated carbocycles. The van der Waals surface area contributed by atoms with Crippen LogP contribution < -0.4 is 21.7 Å². The molecular weight excluding hydrogens is 352 g/mol. The maximum absolute atomic E-state index is 12.1. The molecule has 0 radical (unpaired) electrons. The fourth-order valence-corrected chi connectivity index (χ4v) is 3.24. The van der Waals surface area contributed by atoms with Crippen LogP contribution in [0.2, 0.25) is 0 Å². The minimum Gasteiger partial charge on any atom is -0.378 e. The minimum absolute atomic E-state index is 0.278. The second-order valence-electron chi connectivity index (χ2n) is 7.01. The van der Waals surface area contributed by atoms with Gasteiger partial charge in [0.2, 0.25) is 0 Å². The molecule has 0 aliphatic carbocycles. The number of carbonyl (C=O) groups is 1. The van der Waals surface area contributed by atoms with Gasteiger partial charge in [-0.25, -0.2) is 9.78 Å². The quantitative estimate of drug-likeness (QED) is 0.528. The van der Waals surface area contributed by atoms with Gasteiger partial charge in [0.15, 0.2) is 5.65 Å². The van der Waals surface area contributed by atoms with Gasteiger partial charge in [0.05, 0.1) is 17.1 Å². The van der Waals surface area contributed by atoms with E-state index in [1.807, 2.05) is 30.5 Å². The second-order valence-corrected chi connectivity index (χ2v) is 7.01. The fourth-order valence-electron chi connectivity index (χ4n) is 3.24. The van der Waals surface area contributed by atoms with Crippen LogP contribution >= 0.6 is 0 Å². The van der Waals surface area contributed by atoms with Gasteiger partial charge in [-0.15, -0.1) is 0 Å². The van der Waals surface area contributed by atoms with Gasteiger partial charge in [0.1, 0.15) is 0 Å². The zero-order chi connectivity index (χ0) is 20.3. The molecule has 2 heterocycles. The number of pyridine rings is 1. The van der Waals surface area contributed by atoms with Crippen molar-refractivity contribution in [2.24, 2.45) is 5.73 Å². The predicted molar refractivity (Wildman–Crippen MR) is 114 cm³/mol. The summed E-state index contributed by atoms with van der Waals surface area (Å²) in [6.45, 7) is 9.74. The SMILES string of the molecule is Cc1cccc(C)c1CNc1cc(NC(=O)NCCN)cn2c(C)c(C)nc12. The number of benzene rings is 1. The van der Waals surface area contributed by atoms with E-state index in [-0.39, 0.29) is 6.03 Å². The zero-order valence-electron chi connectivity index (χ0n) is 16.9. The Morgan fingerprint density at radius 3 is 2.57 bits per heavy atom. The number of rotatable bonds is 6. The molecule has 0 atom stereocenters. The molecule has 0 saturated heterocycles. The van der Waals surface area contributed by atoms with E-state index in [0.29, 0.717) is 25.3 Å². The number of carbonyl (C=O) groups excluding carboxylic acids is 1. The molecule has 5 N–H and O–H groups in total. The molecule has 2 amide bonds. The number of hydrogen-bond donors (Lipinski definition) is 4. The molecule has 28 heavy (non-hydrogen) atoms. The number of hydrogen-bond acceptors (Lipinski definition) is 4. The molecule has 0 unspecified atom stereocenters. The lowest BCUT2D eigenvalue weighted by Crippen LogP contribution is -2.32. The highest BCUT2D eigenvalue weighted by atomic mass is 16.2. The first-order chi connectivity index (χ1) is 13.4. The fraction of sp³-hybridized carbons (Fsp3) is 0.333. The van der Waals surface area contributed by atoms with Gasteiger partial charge in [0.25, 0.3) is 0 Å². The smallest absolute Gasteiger partial charge is 0.319 e. The molecule has 0 bridgehead atoms. The number of aryl methyl sites for hydroxylation is 4. The molecule has 3 rings (SSSR count). The molecule has 2 aromatic heterocycles. The van der Waals surface area contributed by atoms with E-state index in [4.69, 9.17) is 10.7 Å². The molecule has 0 aliphatic rings. The van der Waals surface area contributed by atoms with E-state index in [2.05, 4.69) is 48.0 Å². The van der Waals surface area contributed by atoms with E-state index >= 15 is 0 Å². The van der Waals surface area contributed by atoms with Gasteiger partial charge >= 0.3 is 6.03 Å². The highest BCUT2D eigenvalue weighted by molar-refractivity contribution is 5.90. The molecule has 7 nitrogen and oxygen atoms in total. The third-order valence-corrected chi connectivity index (χ3v) is 4.98. The van der Waals surface area contributed by atoms with Crippen molar-refractivity contribution in [1.29, 1.82) is 0 Å². The van der Waals surface area contributed by atoms with E-state index in [0.717, 1.165) is 22.7 Å². The van der Waals surface area contributed by atoms with Gasteiger partial charge in [-0.3, -0.25) is 0 Å². The summed E-state index contributed by atoms with van der Waals surface area (Å²) in [6.07, 6.45) is 1.89. The van der Waals surface area contributed by atoms with E-state index in [1.54, 1.807) is 0 Å². The molecule has 1 aromatic carbocycles. The van der Waals surface area contributed by atoms with Crippen molar-refractivity contribution in [3.63, 3.8) is 0 Å². The summed E-state index contributed by atoms with van der Waals surface area (Å²) in [4.78, 5) is 16.7. The standard InChI is InChI=1S/C21H28N6O/c1-13-6-5-7-14(2)18(13)11-24-19-10-17(26-21(28)23-9-8-22)12-27-16(4)15(3)25-20(19)27/h5-7,10,12,24H,8-9,11,22H2,1-4H3,(H2,23,26,28). The van der Waals surface area contributed by atoms with Crippen LogP contribution in [0.4, 0.5) is 16.2 Å². The number of urea groups is 1. The summed E-state index contributed by atoms with van der Waals surface area (Å²) in [7, 11) is 0. The first-order valence-corrected chi connectivity index (χ1v) is 9.44. The Kier molecular flexibility index (Phi) is 5.84.